The van der Waals surface area contributed by atoms with Crippen LogP contribution < -0.4 is 10.6 Å². The van der Waals surface area contributed by atoms with E-state index < -0.39 is 5.97 Å². The van der Waals surface area contributed by atoms with Gasteiger partial charge in [-0.05, 0) is 19.4 Å². The lowest BCUT2D eigenvalue weighted by atomic mass is 10.1. The topological polar surface area (TPSA) is 90.9 Å². The van der Waals surface area contributed by atoms with E-state index in [1.165, 1.54) is 0 Å². The molecule has 2 unspecified atom stereocenters. The van der Waals surface area contributed by atoms with Crippen molar-refractivity contribution in [3.05, 3.63) is 0 Å². The molecule has 1 aliphatic heterocycles. The molecule has 0 bridgehead atoms. The molecule has 0 saturated carbocycles. The average Bonchev–Trinajstić information content (AvgIpc) is 2.40. The molecule has 7 nitrogen and oxygen atoms in total. The first-order valence-electron chi connectivity index (χ1n) is 7.01. The van der Waals surface area contributed by atoms with E-state index in [0.717, 1.165) is 13.1 Å². The van der Waals surface area contributed by atoms with E-state index in [1.807, 2.05) is 14.0 Å². The van der Waals surface area contributed by atoms with Crippen molar-refractivity contribution in [3.8, 4) is 0 Å². The van der Waals surface area contributed by atoms with Crippen LogP contribution in [-0.2, 0) is 9.53 Å². The highest BCUT2D eigenvalue weighted by Crippen LogP contribution is 2.04. The monoisotopic (exact) mass is 287 g/mol. The number of hydrogen-bond acceptors (Lipinski definition) is 4. The van der Waals surface area contributed by atoms with Crippen LogP contribution in [0.1, 0.15) is 19.8 Å². The number of amides is 2. The van der Waals surface area contributed by atoms with Crippen molar-refractivity contribution in [1.82, 2.24) is 15.5 Å². The van der Waals surface area contributed by atoms with Gasteiger partial charge in [0.2, 0.25) is 0 Å². The standard InChI is InChI=1S/C13H25N3O4/c1-10(3-4-12(17)18)7-14-13(19)15-8-11-9-16(2)5-6-20-11/h10-11H,3-9H2,1-2H3,(H,17,18)(H2,14,15,19). The summed E-state index contributed by atoms with van der Waals surface area (Å²) in [6, 6.07) is -0.232. The number of carbonyl (C=O) groups is 2. The molecule has 3 N–H and O–H groups in total. The van der Waals surface area contributed by atoms with Gasteiger partial charge in [-0.15, -0.1) is 0 Å². The summed E-state index contributed by atoms with van der Waals surface area (Å²) >= 11 is 0. The zero-order valence-electron chi connectivity index (χ0n) is 12.2. The summed E-state index contributed by atoms with van der Waals surface area (Å²) in [5, 5.41) is 14.1. The Morgan fingerprint density at radius 2 is 2.20 bits per heavy atom. The number of rotatable bonds is 7. The number of carboxylic acids is 1. The zero-order chi connectivity index (χ0) is 15.0. The predicted molar refractivity (Wildman–Crippen MR) is 74.7 cm³/mol. The average molecular weight is 287 g/mol. The minimum absolute atomic E-state index is 0.0314. The van der Waals surface area contributed by atoms with Gasteiger partial charge in [-0.1, -0.05) is 6.92 Å². The van der Waals surface area contributed by atoms with Crippen molar-refractivity contribution in [2.45, 2.75) is 25.9 Å². The number of morpholine rings is 1. The highest BCUT2D eigenvalue weighted by molar-refractivity contribution is 5.73. The third kappa shape index (κ3) is 7.30. The minimum atomic E-state index is -0.806. The van der Waals surface area contributed by atoms with E-state index in [0.29, 0.717) is 26.1 Å². The second kappa shape index (κ2) is 8.76. The first-order chi connectivity index (χ1) is 9.47. The highest BCUT2D eigenvalue weighted by atomic mass is 16.5. The maximum atomic E-state index is 11.6. The normalized spacial score (nSPS) is 21.2. The van der Waals surface area contributed by atoms with Crippen LogP contribution in [0.5, 0.6) is 0 Å². The van der Waals surface area contributed by atoms with Crippen LogP contribution in [-0.4, -0.2) is 67.9 Å². The molecule has 0 radical (unpaired) electrons. The van der Waals surface area contributed by atoms with E-state index in [9.17, 15) is 9.59 Å². The van der Waals surface area contributed by atoms with E-state index in [2.05, 4.69) is 15.5 Å². The molecule has 1 aliphatic rings. The minimum Gasteiger partial charge on any atom is -0.481 e. The predicted octanol–water partition coefficient (Wildman–Crippen LogP) is 0.117. The quantitative estimate of drug-likeness (QED) is 0.618. The lowest BCUT2D eigenvalue weighted by Crippen LogP contribution is -2.48. The van der Waals surface area contributed by atoms with Crippen LogP contribution in [0, 0.1) is 5.92 Å². The van der Waals surface area contributed by atoms with Crippen LogP contribution in [0.2, 0.25) is 0 Å². The Kier molecular flexibility index (Phi) is 7.32. The SMILES string of the molecule is CC(CCC(=O)O)CNC(=O)NCC1CN(C)CCO1. The highest BCUT2D eigenvalue weighted by Gasteiger charge is 2.18. The maximum absolute atomic E-state index is 11.6. The number of carboxylic acid groups (broad SMARTS) is 1. The van der Waals surface area contributed by atoms with Gasteiger partial charge in [-0.25, -0.2) is 4.79 Å². The first kappa shape index (κ1) is 16.7. The van der Waals surface area contributed by atoms with Crippen LogP contribution in [0.3, 0.4) is 0 Å². The van der Waals surface area contributed by atoms with Gasteiger partial charge >= 0.3 is 12.0 Å². The van der Waals surface area contributed by atoms with Gasteiger partial charge in [-0.2, -0.15) is 0 Å². The molecule has 2 atom stereocenters. The van der Waals surface area contributed by atoms with E-state index in [-0.39, 0.29) is 24.5 Å². The first-order valence-corrected chi connectivity index (χ1v) is 7.01. The summed E-state index contributed by atoms with van der Waals surface area (Å²) in [7, 11) is 2.03. The maximum Gasteiger partial charge on any atom is 0.314 e. The smallest absolute Gasteiger partial charge is 0.314 e. The molecule has 1 saturated heterocycles. The van der Waals surface area contributed by atoms with Crippen LogP contribution in [0.15, 0.2) is 0 Å². The van der Waals surface area contributed by atoms with Crippen molar-refractivity contribution in [2.75, 3.05) is 39.8 Å². The van der Waals surface area contributed by atoms with Gasteiger partial charge in [0.05, 0.1) is 12.7 Å². The molecule has 116 valence electrons. The molecular formula is C13H25N3O4. The second-order valence-corrected chi connectivity index (χ2v) is 5.38. The number of nitrogens with one attached hydrogen (secondary N) is 2. The summed E-state index contributed by atoms with van der Waals surface area (Å²) < 4.78 is 5.54. The van der Waals surface area contributed by atoms with Crippen molar-refractivity contribution < 1.29 is 19.4 Å². The fourth-order valence-electron chi connectivity index (χ4n) is 2.00. The van der Waals surface area contributed by atoms with Crippen LogP contribution >= 0.6 is 0 Å². The molecule has 1 heterocycles. The molecule has 0 aliphatic carbocycles. The molecule has 2 amide bonds. The number of hydrogen-bond donors (Lipinski definition) is 3. The number of aliphatic carboxylic acids is 1. The number of carbonyl (C=O) groups excluding carboxylic acids is 1. The molecule has 7 heteroatoms. The summed E-state index contributed by atoms with van der Waals surface area (Å²) in [6.45, 7) is 5.31. The molecule has 0 aromatic rings. The van der Waals surface area contributed by atoms with Gasteiger partial charge in [0, 0.05) is 32.6 Å². The Labute approximate surface area is 119 Å². The summed E-state index contributed by atoms with van der Waals surface area (Å²) in [6.07, 6.45) is 0.725. The van der Waals surface area contributed by atoms with Crippen molar-refractivity contribution >= 4 is 12.0 Å². The molecule has 0 spiro atoms. The summed E-state index contributed by atoms with van der Waals surface area (Å²) in [5.74, 6) is -0.659. The summed E-state index contributed by atoms with van der Waals surface area (Å²) in [4.78, 5) is 24.2. The summed E-state index contributed by atoms with van der Waals surface area (Å²) in [5.41, 5.74) is 0. The lowest BCUT2D eigenvalue weighted by Gasteiger charge is -2.30. The molecular weight excluding hydrogens is 262 g/mol. The van der Waals surface area contributed by atoms with Gasteiger partial charge in [-0.3, -0.25) is 4.79 Å². The Morgan fingerprint density at radius 1 is 1.45 bits per heavy atom. The Morgan fingerprint density at radius 3 is 2.85 bits per heavy atom. The van der Waals surface area contributed by atoms with Gasteiger partial charge < -0.3 is 25.4 Å². The lowest BCUT2D eigenvalue weighted by molar-refractivity contribution is -0.137. The number of likely N-dealkylation sites (N-methyl/N-ethyl adjacent to an activating group) is 1. The van der Waals surface area contributed by atoms with E-state index >= 15 is 0 Å². The van der Waals surface area contributed by atoms with Crippen molar-refractivity contribution in [3.63, 3.8) is 0 Å². The molecule has 0 aromatic carbocycles. The number of nitrogens with zero attached hydrogens (tertiary/aromatic N) is 1. The number of urea groups is 1. The van der Waals surface area contributed by atoms with E-state index in [1.54, 1.807) is 0 Å². The van der Waals surface area contributed by atoms with Crippen molar-refractivity contribution in [1.29, 1.82) is 0 Å². The molecule has 1 rings (SSSR count). The number of ether oxygens (including phenoxy) is 1. The molecule has 0 aromatic heterocycles. The van der Waals surface area contributed by atoms with Crippen LogP contribution in [0.25, 0.3) is 0 Å². The largest absolute Gasteiger partial charge is 0.481 e. The Balaban J connectivity index is 2.09. The molecule has 20 heavy (non-hydrogen) atoms. The fraction of sp³-hybridized carbons (Fsp3) is 0.846. The third-order valence-corrected chi connectivity index (χ3v) is 3.29. The van der Waals surface area contributed by atoms with Gasteiger partial charge in [0.25, 0.3) is 0 Å². The van der Waals surface area contributed by atoms with Crippen LogP contribution in [0.4, 0.5) is 4.79 Å². The van der Waals surface area contributed by atoms with Gasteiger partial charge in [0.1, 0.15) is 0 Å². The van der Waals surface area contributed by atoms with Crippen molar-refractivity contribution in [2.24, 2.45) is 5.92 Å². The Bertz CT molecular complexity index is 325. The molecule has 1 fully saturated rings. The van der Waals surface area contributed by atoms with E-state index in [4.69, 9.17) is 9.84 Å². The van der Waals surface area contributed by atoms with Gasteiger partial charge in [0.15, 0.2) is 0 Å². The Hall–Kier alpha value is -1.34. The third-order valence-electron chi connectivity index (χ3n) is 3.29. The second-order valence-electron chi connectivity index (χ2n) is 5.38. The fourth-order valence-corrected chi connectivity index (χ4v) is 2.00. The zero-order valence-corrected chi connectivity index (χ0v) is 12.2.